The Morgan fingerprint density at radius 2 is 1.85 bits per heavy atom. The molecule has 1 saturated carbocycles. The zero-order chi connectivity index (χ0) is 14.4. The number of hydrogen-bond acceptors (Lipinski definition) is 2. The number of aliphatic carboxylic acids is 1. The molecular formula is C17H25NO2. The van der Waals surface area contributed by atoms with Gasteiger partial charge >= 0.3 is 5.97 Å². The first kappa shape index (κ1) is 15.0. The van der Waals surface area contributed by atoms with Gasteiger partial charge in [-0.1, -0.05) is 31.2 Å². The van der Waals surface area contributed by atoms with Crippen molar-refractivity contribution in [3.05, 3.63) is 35.4 Å². The Morgan fingerprint density at radius 3 is 2.45 bits per heavy atom. The third-order valence-corrected chi connectivity index (χ3v) is 4.44. The van der Waals surface area contributed by atoms with E-state index in [1.165, 1.54) is 11.1 Å². The van der Waals surface area contributed by atoms with Crippen molar-refractivity contribution in [2.75, 3.05) is 6.54 Å². The smallest absolute Gasteiger partial charge is 0.306 e. The summed E-state index contributed by atoms with van der Waals surface area (Å²) in [5.74, 6) is -0.0836. The SMILES string of the molecule is CCc1ccccc1CNCC1CCC(C(=O)O)CC1. The van der Waals surface area contributed by atoms with Crippen LogP contribution in [0.2, 0.25) is 0 Å². The Kier molecular flexibility index (Phi) is 5.60. The first-order valence-electron chi connectivity index (χ1n) is 7.71. The summed E-state index contributed by atoms with van der Waals surface area (Å²) in [7, 11) is 0. The molecule has 3 heteroatoms. The normalized spacial score (nSPS) is 22.6. The summed E-state index contributed by atoms with van der Waals surface area (Å²) >= 11 is 0. The minimum absolute atomic E-state index is 0.105. The molecule has 0 atom stereocenters. The summed E-state index contributed by atoms with van der Waals surface area (Å²) in [6.07, 6.45) is 4.83. The fourth-order valence-electron chi connectivity index (χ4n) is 3.10. The van der Waals surface area contributed by atoms with E-state index in [2.05, 4.69) is 36.5 Å². The predicted molar refractivity (Wildman–Crippen MR) is 80.6 cm³/mol. The number of carboxylic acid groups (broad SMARTS) is 1. The second-order valence-corrected chi connectivity index (χ2v) is 5.81. The van der Waals surface area contributed by atoms with Crippen molar-refractivity contribution in [1.29, 1.82) is 0 Å². The Labute approximate surface area is 121 Å². The standard InChI is InChI=1S/C17H25NO2/c1-2-14-5-3-4-6-16(14)12-18-11-13-7-9-15(10-8-13)17(19)20/h3-6,13,15,18H,2,7-12H2,1H3,(H,19,20). The van der Waals surface area contributed by atoms with E-state index in [9.17, 15) is 4.79 Å². The van der Waals surface area contributed by atoms with Gasteiger partial charge in [0.25, 0.3) is 0 Å². The maximum Gasteiger partial charge on any atom is 0.306 e. The highest BCUT2D eigenvalue weighted by Gasteiger charge is 2.25. The molecule has 1 fully saturated rings. The molecule has 0 bridgehead atoms. The van der Waals surface area contributed by atoms with Gasteiger partial charge in [0.2, 0.25) is 0 Å². The van der Waals surface area contributed by atoms with Crippen molar-refractivity contribution in [2.45, 2.75) is 45.6 Å². The second kappa shape index (κ2) is 7.44. The molecule has 1 aromatic carbocycles. The second-order valence-electron chi connectivity index (χ2n) is 5.81. The molecule has 3 nitrogen and oxygen atoms in total. The lowest BCUT2D eigenvalue weighted by Crippen LogP contribution is -2.28. The Bertz CT molecular complexity index is 436. The van der Waals surface area contributed by atoms with Crippen molar-refractivity contribution < 1.29 is 9.90 Å². The van der Waals surface area contributed by atoms with E-state index in [4.69, 9.17) is 5.11 Å². The number of rotatable bonds is 6. The molecule has 0 spiro atoms. The highest BCUT2D eigenvalue weighted by atomic mass is 16.4. The summed E-state index contributed by atoms with van der Waals surface area (Å²) in [4.78, 5) is 10.9. The summed E-state index contributed by atoms with van der Waals surface area (Å²) in [5, 5.41) is 12.5. The number of benzene rings is 1. The topological polar surface area (TPSA) is 49.3 Å². The summed E-state index contributed by atoms with van der Waals surface area (Å²) in [6.45, 7) is 4.11. The molecule has 0 unspecified atom stereocenters. The molecular weight excluding hydrogens is 250 g/mol. The van der Waals surface area contributed by atoms with Crippen LogP contribution in [0.4, 0.5) is 0 Å². The molecule has 20 heavy (non-hydrogen) atoms. The number of carbonyl (C=O) groups is 1. The van der Waals surface area contributed by atoms with Crippen LogP contribution in [0.5, 0.6) is 0 Å². The van der Waals surface area contributed by atoms with Crippen LogP contribution in [0.1, 0.15) is 43.7 Å². The molecule has 2 rings (SSSR count). The number of carboxylic acids is 1. The summed E-state index contributed by atoms with van der Waals surface area (Å²) < 4.78 is 0. The molecule has 0 radical (unpaired) electrons. The van der Waals surface area contributed by atoms with Gasteiger partial charge in [-0.15, -0.1) is 0 Å². The van der Waals surface area contributed by atoms with Crippen LogP contribution in [0.3, 0.4) is 0 Å². The van der Waals surface area contributed by atoms with E-state index in [-0.39, 0.29) is 5.92 Å². The third-order valence-electron chi connectivity index (χ3n) is 4.44. The molecule has 0 heterocycles. The average Bonchev–Trinajstić information content (AvgIpc) is 2.48. The van der Waals surface area contributed by atoms with Gasteiger partial charge in [0, 0.05) is 6.54 Å². The fourth-order valence-corrected chi connectivity index (χ4v) is 3.10. The van der Waals surface area contributed by atoms with Crippen LogP contribution >= 0.6 is 0 Å². The van der Waals surface area contributed by atoms with Gasteiger partial charge in [-0.05, 0) is 55.7 Å². The lowest BCUT2D eigenvalue weighted by Gasteiger charge is -2.26. The number of nitrogens with one attached hydrogen (secondary N) is 1. The van der Waals surface area contributed by atoms with Crippen LogP contribution in [0.15, 0.2) is 24.3 Å². The minimum atomic E-state index is -0.617. The van der Waals surface area contributed by atoms with Gasteiger partial charge in [0.05, 0.1) is 5.92 Å². The summed E-state index contributed by atoms with van der Waals surface area (Å²) in [6, 6.07) is 8.56. The molecule has 0 saturated heterocycles. The third kappa shape index (κ3) is 4.07. The van der Waals surface area contributed by atoms with Gasteiger partial charge in [0.15, 0.2) is 0 Å². The Balaban J connectivity index is 1.73. The molecule has 0 aliphatic heterocycles. The van der Waals surface area contributed by atoms with E-state index in [1.54, 1.807) is 0 Å². The van der Waals surface area contributed by atoms with Crippen molar-refractivity contribution in [2.24, 2.45) is 11.8 Å². The quantitative estimate of drug-likeness (QED) is 0.838. The summed E-state index contributed by atoms with van der Waals surface area (Å²) in [5.41, 5.74) is 2.80. The van der Waals surface area contributed by atoms with Crippen molar-refractivity contribution in [3.63, 3.8) is 0 Å². The van der Waals surface area contributed by atoms with Crippen LogP contribution in [-0.2, 0) is 17.8 Å². The predicted octanol–water partition coefficient (Wildman–Crippen LogP) is 3.23. The van der Waals surface area contributed by atoms with E-state index >= 15 is 0 Å². The zero-order valence-electron chi connectivity index (χ0n) is 12.3. The van der Waals surface area contributed by atoms with Crippen LogP contribution in [-0.4, -0.2) is 17.6 Å². The van der Waals surface area contributed by atoms with Gasteiger partial charge in [0.1, 0.15) is 0 Å². The maximum absolute atomic E-state index is 10.9. The van der Waals surface area contributed by atoms with Gasteiger partial charge < -0.3 is 10.4 Å². The molecule has 0 amide bonds. The van der Waals surface area contributed by atoms with Gasteiger partial charge in [-0.3, -0.25) is 4.79 Å². The van der Waals surface area contributed by atoms with Gasteiger partial charge in [-0.2, -0.15) is 0 Å². The average molecular weight is 275 g/mol. The lowest BCUT2D eigenvalue weighted by atomic mass is 9.82. The van der Waals surface area contributed by atoms with Crippen molar-refractivity contribution >= 4 is 5.97 Å². The highest BCUT2D eigenvalue weighted by Crippen LogP contribution is 2.28. The van der Waals surface area contributed by atoms with E-state index in [0.717, 1.165) is 45.2 Å². The van der Waals surface area contributed by atoms with Crippen molar-refractivity contribution in [3.8, 4) is 0 Å². The fraction of sp³-hybridized carbons (Fsp3) is 0.588. The Morgan fingerprint density at radius 1 is 1.20 bits per heavy atom. The molecule has 1 aliphatic rings. The zero-order valence-corrected chi connectivity index (χ0v) is 12.3. The number of aryl methyl sites for hydroxylation is 1. The first-order valence-corrected chi connectivity index (χ1v) is 7.71. The highest BCUT2D eigenvalue weighted by molar-refractivity contribution is 5.69. The van der Waals surface area contributed by atoms with Gasteiger partial charge in [-0.25, -0.2) is 0 Å². The van der Waals surface area contributed by atoms with Crippen LogP contribution in [0, 0.1) is 11.8 Å². The molecule has 110 valence electrons. The van der Waals surface area contributed by atoms with Crippen LogP contribution < -0.4 is 5.32 Å². The Hall–Kier alpha value is -1.35. The first-order chi connectivity index (χ1) is 9.70. The molecule has 2 N–H and O–H groups in total. The van der Waals surface area contributed by atoms with E-state index < -0.39 is 5.97 Å². The lowest BCUT2D eigenvalue weighted by molar-refractivity contribution is -0.143. The minimum Gasteiger partial charge on any atom is -0.481 e. The number of hydrogen-bond donors (Lipinski definition) is 2. The molecule has 1 aromatic rings. The van der Waals surface area contributed by atoms with E-state index in [1.807, 2.05) is 0 Å². The molecule has 1 aliphatic carbocycles. The van der Waals surface area contributed by atoms with Crippen LogP contribution in [0.25, 0.3) is 0 Å². The monoisotopic (exact) mass is 275 g/mol. The van der Waals surface area contributed by atoms with E-state index in [0.29, 0.717) is 5.92 Å². The largest absolute Gasteiger partial charge is 0.481 e. The molecule has 0 aromatic heterocycles. The van der Waals surface area contributed by atoms with Crippen molar-refractivity contribution in [1.82, 2.24) is 5.32 Å². The maximum atomic E-state index is 10.9.